The molecule has 1 saturated heterocycles. The van der Waals surface area contributed by atoms with Crippen molar-refractivity contribution < 1.29 is 9.53 Å². The Labute approximate surface area is 191 Å². The third-order valence-corrected chi connectivity index (χ3v) is 6.82. The molecule has 170 valence electrons. The molecular formula is C24H27N7O2. The van der Waals surface area contributed by atoms with Crippen LogP contribution in [0.1, 0.15) is 36.2 Å². The largest absolute Gasteiger partial charge is 0.384 e. The summed E-state index contributed by atoms with van der Waals surface area (Å²) in [4.78, 5) is 23.9. The lowest BCUT2D eigenvalue weighted by molar-refractivity contribution is 0.0786. The lowest BCUT2D eigenvalue weighted by Crippen LogP contribution is -2.38. The van der Waals surface area contributed by atoms with Crippen LogP contribution < -0.4 is 5.32 Å². The maximum Gasteiger partial charge on any atom is 0.272 e. The minimum Gasteiger partial charge on any atom is -0.384 e. The lowest BCUT2D eigenvalue weighted by Gasteiger charge is -2.35. The number of hydrogen-bond donors (Lipinski definition) is 1. The first-order chi connectivity index (χ1) is 16.2. The number of hydrogen-bond acceptors (Lipinski definition) is 6. The Morgan fingerprint density at radius 2 is 2.00 bits per heavy atom. The summed E-state index contributed by atoms with van der Waals surface area (Å²) in [6.07, 6.45) is 11.7. The van der Waals surface area contributed by atoms with E-state index >= 15 is 0 Å². The van der Waals surface area contributed by atoms with Gasteiger partial charge in [-0.2, -0.15) is 0 Å². The molecule has 1 aliphatic heterocycles. The van der Waals surface area contributed by atoms with E-state index in [0.717, 1.165) is 67.7 Å². The topological polar surface area (TPSA) is 89.1 Å². The second-order valence-electron chi connectivity index (χ2n) is 9.06. The van der Waals surface area contributed by atoms with Gasteiger partial charge in [0, 0.05) is 56.4 Å². The summed E-state index contributed by atoms with van der Waals surface area (Å²) in [6.45, 7) is 2.45. The summed E-state index contributed by atoms with van der Waals surface area (Å²) in [6, 6.07) is 6.40. The molecule has 9 heteroatoms. The van der Waals surface area contributed by atoms with Gasteiger partial charge >= 0.3 is 0 Å². The van der Waals surface area contributed by atoms with Crippen molar-refractivity contribution in [3.8, 4) is 11.1 Å². The first-order valence-corrected chi connectivity index (χ1v) is 11.6. The number of rotatable bonds is 6. The Morgan fingerprint density at radius 1 is 1.15 bits per heavy atom. The van der Waals surface area contributed by atoms with Gasteiger partial charge < -0.3 is 15.0 Å². The predicted molar refractivity (Wildman–Crippen MR) is 124 cm³/mol. The van der Waals surface area contributed by atoms with E-state index in [4.69, 9.17) is 4.74 Å². The number of ether oxygens (including phenoxy) is 1. The third-order valence-electron chi connectivity index (χ3n) is 6.82. The number of methoxy groups -OCH3 is 1. The molecule has 0 bridgehead atoms. The van der Waals surface area contributed by atoms with Gasteiger partial charge in [-0.15, -0.1) is 5.10 Å². The van der Waals surface area contributed by atoms with Gasteiger partial charge in [0.1, 0.15) is 11.3 Å². The molecule has 6 rings (SSSR count). The van der Waals surface area contributed by atoms with Gasteiger partial charge in [-0.3, -0.25) is 9.20 Å². The van der Waals surface area contributed by atoms with Gasteiger partial charge in [0.05, 0.1) is 17.9 Å². The average Bonchev–Trinajstić information content (AvgIpc) is 3.56. The third kappa shape index (κ3) is 3.62. The molecule has 9 nitrogen and oxygen atoms in total. The Kier molecular flexibility index (Phi) is 4.98. The van der Waals surface area contributed by atoms with Gasteiger partial charge in [0.15, 0.2) is 0 Å². The van der Waals surface area contributed by atoms with Crippen LogP contribution in [-0.2, 0) is 4.74 Å². The summed E-state index contributed by atoms with van der Waals surface area (Å²) in [5, 5.41) is 8.07. The van der Waals surface area contributed by atoms with Crippen LogP contribution in [0.3, 0.4) is 0 Å². The van der Waals surface area contributed by atoms with Crippen molar-refractivity contribution in [1.82, 2.24) is 28.9 Å². The number of carbonyl (C=O) groups is 1. The van der Waals surface area contributed by atoms with Crippen molar-refractivity contribution >= 4 is 23.0 Å². The first-order valence-electron chi connectivity index (χ1n) is 11.6. The number of fused-ring (bicyclic) bond motifs is 2. The molecule has 1 saturated carbocycles. The molecule has 0 aromatic carbocycles. The quantitative estimate of drug-likeness (QED) is 0.491. The molecule has 4 aromatic rings. The molecular weight excluding hydrogens is 418 g/mol. The van der Waals surface area contributed by atoms with Crippen molar-refractivity contribution in [3.63, 3.8) is 0 Å². The van der Waals surface area contributed by atoms with Gasteiger partial charge in [-0.1, -0.05) is 0 Å². The molecule has 33 heavy (non-hydrogen) atoms. The zero-order valence-corrected chi connectivity index (χ0v) is 18.6. The second-order valence-corrected chi connectivity index (χ2v) is 9.06. The standard InChI is InChI=1S/C24H27N7O2/c1-33-15-16-10-18(11-16)27-24-26-12-20-19(6-9-31(20)28-24)17-4-5-22-25-13-21(30(22)14-17)23(32)29-7-2-3-8-29/h4-6,9,12-14,16,18H,2-3,7-8,10-11,15H2,1H3,(H,27,28)/t16-,18-. The van der Waals surface area contributed by atoms with E-state index in [2.05, 4.69) is 20.4 Å². The van der Waals surface area contributed by atoms with Crippen molar-refractivity contribution in [2.75, 3.05) is 32.1 Å². The fourth-order valence-corrected chi connectivity index (χ4v) is 5.00. The van der Waals surface area contributed by atoms with E-state index in [1.807, 2.05) is 50.6 Å². The van der Waals surface area contributed by atoms with Crippen LogP contribution in [-0.4, -0.2) is 67.6 Å². The van der Waals surface area contributed by atoms with E-state index in [1.165, 1.54) is 0 Å². The van der Waals surface area contributed by atoms with Crippen molar-refractivity contribution in [2.45, 2.75) is 31.7 Å². The van der Waals surface area contributed by atoms with Crippen LogP contribution in [0.25, 0.3) is 22.3 Å². The Hall–Kier alpha value is -3.46. The Balaban J connectivity index is 1.27. The van der Waals surface area contributed by atoms with Gasteiger partial charge in [0.2, 0.25) is 5.95 Å². The number of amides is 1. The van der Waals surface area contributed by atoms with Crippen LogP contribution in [0.4, 0.5) is 5.95 Å². The zero-order chi connectivity index (χ0) is 22.4. The summed E-state index contributed by atoms with van der Waals surface area (Å²) in [5.74, 6) is 1.30. The first kappa shape index (κ1) is 20.2. The average molecular weight is 446 g/mol. The Bertz CT molecular complexity index is 1320. The van der Waals surface area contributed by atoms with Crippen LogP contribution in [0.15, 0.2) is 43.0 Å². The van der Waals surface area contributed by atoms with E-state index in [9.17, 15) is 4.79 Å². The fraction of sp³-hybridized carbons (Fsp3) is 0.417. The maximum atomic E-state index is 13.0. The van der Waals surface area contributed by atoms with E-state index in [1.54, 1.807) is 13.3 Å². The number of anilines is 1. The van der Waals surface area contributed by atoms with Crippen molar-refractivity contribution in [3.05, 3.63) is 48.7 Å². The summed E-state index contributed by atoms with van der Waals surface area (Å²) >= 11 is 0. The molecule has 0 unspecified atom stereocenters. The smallest absolute Gasteiger partial charge is 0.272 e. The van der Waals surface area contributed by atoms with Gasteiger partial charge in [-0.25, -0.2) is 14.5 Å². The summed E-state index contributed by atoms with van der Waals surface area (Å²) in [7, 11) is 1.75. The van der Waals surface area contributed by atoms with Crippen LogP contribution >= 0.6 is 0 Å². The number of carbonyl (C=O) groups excluding carboxylic acids is 1. The fourth-order valence-electron chi connectivity index (χ4n) is 5.00. The number of aromatic nitrogens is 5. The molecule has 5 heterocycles. The van der Waals surface area contributed by atoms with E-state index in [-0.39, 0.29) is 5.91 Å². The molecule has 1 N–H and O–H groups in total. The lowest BCUT2D eigenvalue weighted by atomic mass is 9.81. The molecule has 0 spiro atoms. The zero-order valence-electron chi connectivity index (χ0n) is 18.6. The van der Waals surface area contributed by atoms with Gasteiger partial charge in [0.25, 0.3) is 5.91 Å². The highest BCUT2D eigenvalue weighted by Gasteiger charge is 2.29. The van der Waals surface area contributed by atoms with E-state index in [0.29, 0.717) is 23.6 Å². The second kappa shape index (κ2) is 8.15. The molecule has 0 atom stereocenters. The maximum absolute atomic E-state index is 13.0. The van der Waals surface area contributed by atoms with Gasteiger partial charge in [-0.05, 0) is 49.8 Å². The highest BCUT2D eigenvalue weighted by Crippen LogP contribution is 2.30. The minimum atomic E-state index is 0.0432. The molecule has 0 radical (unpaired) electrons. The molecule has 2 aliphatic rings. The Morgan fingerprint density at radius 3 is 2.82 bits per heavy atom. The summed E-state index contributed by atoms with van der Waals surface area (Å²) in [5.41, 5.74) is 4.29. The molecule has 2 fully saturated rings. The molecule has 1 amide bonds. The number of nitrogens with zero attached hydrogens (tertiary/aromatic N) is 6. The van der Waals surface area contributed by atoms with E-state index < -0.39 is 0 Å². The number of pyridine rings is 1. The number of nitrogens with one attached hydrogen (secondary N) is 1. The van der Waals surface area contributed by atoms with Crippen LogP contribution in [0.2, 0.25) is 0 Å². The SMILES string of the molecule is COC[C@H]1C[C@H](Nc2ncc3c(-c4ccc5ncc(C(=O)N6CCCC6)n5c4)ccn3n2)C1. The normalized spacial score (nSPS) is 20.5. The predicted octanol–water partition coefficient (Wildman–Crippen LogP) is 3.12. The summed E-state index contributed by atoms with van der Waals surface area (Å²) < 4.78 is 8.97. The molecule has 4 aromatic heterocycles. The number of likely N-dealkylation sites (tertiary alicyclic amines) is 1. The van der Waals surface area contributed by atoms with Crippen LogP contribution in [0, 0.1) is 5.92 Å². The highest BCUT2D eigenvalue weighted by atomic mass is 16.5. The highest BCUT2D eigenvalue weighted by molar-refractivity contribution is 5.93. The molecule has 1 aliphatic carbocycles. The number of imidazole rings is 1. The monoisotopic (exact) mass is 445 g/mol. The van der Waals surface area contributed by atoms with Crippen molar-refractivity contribution in [2.24, 2.45) is 5.92 Å². The minimum absolute atomic E-state index is 0.0432. The van der Waals surface area contributed by atoms with Crippen molar-refractivity contribution in [1.29, 1.82) is 0 Å². The van der Waals surface area contributed by atoms with Crippen LogP contribution in [0.5, 0.6) is 0 Å².